The molecule has 5 nitrogen and oxygen atoms in total. The lowest BCUT2D eigenvalue weighted by Crippen LogP contribution is -2.23. The van der Waals surface area contributed by atoms with Gasteiger partial charge in [0.15, 0.2) is 11.5 Å². The zero-order valence-corrected chi connectivity index (χ0v) is 14.2. The highest BCUT2D eigenvalue weighted by molar-refractivity contribution is 5.94. The van der Waals surface area contributed by atoms with Crippen molar-refractivity contribution in [3.05, 3.63) is 53.1 Å². The molecule has 0 aromatic heterocycles. The molecule has 0 saturated heterocycles. The van der Waals surface area contributed by atoms with E-state index in [2.05, 4.69) is 17.2 Å². The summed E-state index contributed by atoms with van der Waals surface area (Å²) >= 11 is 0. The van der Waals surface area contributed by atoms with Crippen LogP contribution < -0.4 is 19.5 Å². The molecule has 2 aromatic carbocycles. The molecule has 1 amide bonds. The van der Waals surface area contributed by atoms with Gasteiger partial charge in [0.1, 0.15) is 12.4 Å². The molecule has 1 aliphatic rings. The lowest BCUT2D eigenvalue weighted by molar-refractivity contribution is 0.0958. The molecule has 2 aromatic rings. The number of nitrogens with one attached hydrogen (secondary N) is 1. The zero-order chi connectivity index (χ0) is 17.6. The minimum Gasteiger partial charge on any atom is -0.481 e. The number of aryl methyl sites for hydroxylation is 2. The molecule has 0 aliphatic carbocycles. The van der Waals surface area contributed by atoms with Crippen LogP contribution in [0, 0.1) is 25.7 Å². The SMILES string of the molecule is Cc1ccc(C(=O)NCC#CCOc2ccc3c(c2)OCO3)cc1C. The van der Waals surface area contributed by atoms with E-state index in [4.69, 9.17) is 14.2 Å². The molecule has 0 fully saturated rings. The minimum atomic E-state index is -0.130. The molecule has 0 unspecified atom stereocenters. The normalized spacial score (nSPS) is 11.4. The summed E-state index contributed by atoms with van der Waals surface area (Å²) in [4.78, 5) is 12.0. The van der Waals surface area contributed by atoms with Crippen LogP contribution in [-0.4, -0.2) is 25.9 Å². The summed E-state index contributed by atoms with van der Waals surface area (Å²) in [6.45, 7) is 4.75. The van der Waals surface area contributed by atoms with Crippen molar-refractivity contribution in [2.45, 2.75) is 13.8 Å². The van der Waals surface area contributed by atoms with E-state index in [1.54, 1.807) is 18.2 Å². The second-order valence-corrected chi connectivity index (χ2v) is 5.64. The van der Waals surface area contributed by atoms with Gasteiger partial charge in [0.2, 0.25) is 6.79 Å². The third-order valence-corrected chi connectivity index (χ3v) is 3.89. The Labute approximate surface area is 146 Å². The van der Waals surface area contributed by atoms with Gasteiger partial charge in [-0.15, -0.1) is 0 Å². The summed E-state index contributed by atoms with van der Waals surface area (Å²) in [5, 5.41) is 2.77. The van der Waals surface area contributed by atoms with Crippen LogP contribution in [0.5, 0.6) is 17.2 Å². The van der Waals surface area contributed by atoms with E-state index in [0.29, 0.717) is 22.8 Å². The lowest BCUT2D eigenvalue weighted by Gasteiger charge is -2.05. The highest BCUT2D eigenvalue weighted by Crippen LogP contribution is 2.34. The van der Waals surface area contributed by atoms with Crippen LogP contribution >= 0.6 is 0 Å². The second kappa shape index (κ2) is 7.63. The minimum absolute atomic E-state index is 0.130. The highest BCUT2D eigenvalue weighted by Gasteiger charge is 2.13. The van der Waals surface area contributed by atoms with Crippen molar-refractivity contribution in [2.75, 3.05) is 19.9 Å². The van der Waals surface area contributed by atoms with E-state index in [0.717, 1.165) is 11.1 Å². The Balaban J connectivity index is 1.43. The van der Waals surface area contributed by atoms with E-state index in [1.165, 1.54) is 0 Å². The third-order valence-electron chi connectivity index (χ3n) is 3.89. The summed E-state index contributed by atoms with van der Waals surface area (Å²) in [6, 6.07) is 11.0. The first-order valence-corrected chi connectivity index (χ1v) is 7.97. The molecule has 128 valence electrons. The van der Waals surface area contributed by atoms with Gasteiger partial charge in [-0.3, -0.25) is 4.79 Å². The molecular formula is C20H19NO4. The fourth-order valence-corrected chi connectivity index (χ4v) is 2.31. The Bertz CT molecular complexity index is 849. The molecule has 0 radical (unpaired) electrons. The van der Waals surface area contributed by atoms with Crippen LogP contribution in [0.1, 0.15) is 21.5 Å². The number of carbonyl (C=O) groups excluding carboxylic acids is 1. The van der Waals surface area contributed by atoms with Crippen molar-refractivity contribution in [3.8, 4) is 29.1 Å². The van der Waals surface area contributed by atoms with Gasteiger partial charge in [0.25, 0.3) is 5.91 Å². The number of rotatable bonds is 4. The van der Waals surface area contributed by atoms with Crippen molar-refractivity contribution >= 4 is 5.91 Å². The number of ether oxygens (including phenoxy) is 3. The molecule has 0 bridgehead atoms. The molecule has 0 saturated carbocycles. The average Bonchev–Trinajstić information content (AvgIpc) is 3.08. The number of hydrogen-bond donors (Lipinski definition) is 1. The molecule has 25 heavy (non-hydrogen) atoms. The van der Waals surface area contributed by atoms with E-state index in [-0.39, 0.29) is 25.9 Å². The van der Waals surface area contributed by atoms with Crippen molar-refractivity contribution in [3.63, 3.8) is 0 Å². The van der Waals surface area contributed by atoms with Crippen molar-refractivity contribution in [1.82, 2.24) is 5.32 Å². The summed E-state index contributed by atoms with van der Waals surface area (Å²) in [7, 11) is 0. The van der Waals surface area contributed by atoms with E-state index in [1.807, 2.05) is 32.0 Å². The maximum absolute atomic E-state index is 12.0. The highest BCUT2D eigenvalue weighted by atomic mass is 16.7. The Morgan fingerprint density at radius 1 is 1.08 bits per heavy atom. The summed E-state index contributed by atoms with van der Waals surface area (Å²) in [6.07, 6.45) is 0. The van der Waals surface area contributed by atoms with Crippen LogP contribution in [0.15, 0.2) is 36.4 Å². The molecule has 0 spiro atoms. The van der Waals surface area contributed by atoms with E-state index < -0.39 is 0 Å². The maximum Gasteiger partial charge on any atom is 0.252 e. The number of benzene rings is 2. The summed E-state index contributed by atoms with van der Waals surface area (Å²) in [5.74, 6) is 7.66. The molecular weight excluding hydrogens is 318 g/mol. The van der Waals surface area contributed by atoms with Gasteiger partial charge in [0.05, 0.1) is 6.54 Å². The van der Waals surface area contributed by atoms with Gasteiger partial charge in [-0.05, 0) is 49.2 Å². The smallest absolute Gasteiger partial charge is 0.252 e. The first-order chi connectivity index (χ1) is 12.1. The third kappa shape index (κ3) is 4.24. The van der Waals surface area contributed by atoms with Gasteiger partial charge >= 0.3 is 0 Å². The molecule has 1 N–H and O–H groups in total. The molecule has 5 heteroatoms. The quantitative estimate of drug-likeness (QED) is 0.872. The number of hydrogen-bond acceptors (Lipinski definition) is 4. The standard InChI is InChI=1S/C20H19NO4/c1-14-5-6-16(11-15(14)2)20(22)21-9-3-4-10-23-17-7-8-18-19(12-17)25-13-24-18/h5-8,11-12H,9-10,13H2,1-2H3,(H,21,22). The first-order valence-electron chi connectivity index (χ1n) is 7.97. The Morgan fingerprint density at radius 2 is 1.92 bits per heavy atom. The van der Waals surface area contributed by atoms with Crippen molar-refractivity contribution < 1.29 is 19.0 Å². The number of carbonyl (C=O) groups is 1. The van der Waals surface area contributed by atoms with E-state index in [9.17, 15) is 4.79 Å². The van der Waals surface area contributed by atoms with Gasteiger partial charge < -0.3 is 19.5 Å². The van der Waals surface area contributed by atoms with Gasteiger partial charge in [-0.25, -0.2) is 0 Å². The van der Waals surface area contributed by atoms with Crippen molar-refractivity contribution in [1.29, 1.82) is 0 Å². The largest absolute Gasteiger partial charge is 0.481 e. The first kappa shape index (κ1) is 16.7. The Morgan fingerprint density at radius 3 is 2.76 bits per heavy atom. The molecule has 1 heterocycles. The van der Waals surface area contributed by atoms with Crippen LogP contribution in [-0.2, 0) is 0 Å². The molecule has 0 atom stereocenters. The van der Waals surface area contributed by atoms with Crippen molar-refractivity contribution in [2.24, 2.45) is 0 Å². The summed E-state index contributed by atoms with van der Waals surface area (Å²) < 4.78 is 16.1. The number of amides is 1. The predicted octanol–water partition coefficient (Wildman–Crippen LogP) is 2.84. The van der Waals surface area contributed by atoms with Crippen LogP contribution in [0.2, 0.25) is 0 Å². The monoisotopic (exact) mass is 337 g/mol. The Kier molecular flexibility index (Phi) is 5.10. The number of fused-ring (bicyclic) bond motifs is 1. The fourth-order valence-electron chi connectivity index (χ4n) is 2.31. The van der Waals surface area contributed by atoms with Gasteiger partial charge in [-0.1, -0.05) is 17.9 Å². The lowest BCUT2D eigenvalue weighted by atomic mass is 10.1. The van der Waals surface area contributed by atoms with Crippen LogP contribution in [0.25, 0.3) is 0 Å². The van der Waals surface area contributed by atoms with Crippen LogP contribution in [0.4, 0.5) is 0 Å². The van der Waals surface area contributed by atoms with Gasteiger partial charge in [-0.2, -0.15) is 0 Å². The summed E-state index contributed by atoms with van der Waals surface area (Å²) in [5.41, 5.74) is 2.90. The van der Waals surface area contributed by atoms with Gasteiger partial charge in [0, 0.05) is 11.6 Å². The Hall–Kier alpha value is -3.13. The topological polar surface area (TPSA) is 56.8 Å². The average molecular weight is 337 g/mol. The maximum atomic E-state index is 12.0. The zero-order valence-electron chi connectivity index (χ0n) is 14.2. The molecule has 1 aliphatic heterocycles. The van der Waals surface area contributed by atoms with Crippen LogP contribution in [0.3, 0.4) is 0 Å². The second-order valence-electron chi connectivity index (χ2n) is 5.64. The predicted molar refractivity (Wildman–Crippen MR) is 94.1 cm³/mol. The van der Waals surface area contributed by atoms with E-state index >= 15 is 0 Å². The molecule has 3 rings (SSSR count). The fraction of sp³-hybridized carbons (Fsp3) is 0.250.